The lowest BCUT2D eigenvalue weighted by molar-refractivity contribution is -0.173. The summed E-state index contributed by atoms with van der Waals surface area (Å²) in [6, 6.07) is 11.1. The zero-order valence-corrected chi connectivity index (χ0v) is 29.1. The van der Waals surface area contributed by atoms with Gasteiger partial charge in [-0.3, -0.25) is 9.59 Å². The lowest BCUT2D eigenvalue weighted by atomic mass is 9.64. The Balaban J connectivity index is 1.28. The second kappa shape index (κ2) is 12.4. The van der Waals surface area contributed by atoms with Gasteiger partial charge >= 0.3 is 0 Å². The largest absolute Gasteiger partial charge is 0.490 e. The zero-order valence-electron chi connectivity index (χ0n) is 27.5. The van der Waals surface area contributed by atoms with Crippen molar-refractivity contribution in [3.63, 3.8) is 0 Å². The van der Waals surface area contributed by atoms with Gasteiger partial charge in [-0.2, -0.15) is 0 Å². The summed E-state index contributed by atoms with van der Waals surface area (Å²) >= 11 is 6.41. The van der Waals surface area contributed by atoms with E-state index in [1.807, 2.05) is 19.1 Å². The SMILES string of the molecule is C[C@@H]1[C@@H](C)CCC[C@@H](C(=O)N2CC(F)(F)C2)C2CC[C@H]2CN2C[C@@]3(CCCc4cc(Cl)ccc43)COc3ccc(cc32)C(=O)NS1(=O)=O. The molecule has 12 heteroatoms. The van der Waals surface area contributed by atoms with Crippen LogP contribution in [0.5, 0.6) is 5.75 Å². The maximum Gasteiger partial charge on any atom is 0.282 e. The second-order valence-corrected chi connectivity index (χ2v) is 17.5. The Labute approximate surface area is 286 Å². The number of hydrogen-bond acceptors (Lipinski definition) is 6. The van der Waals surface area contributed by atoms with Crippen LogP contribution in [-0.4, -0.2) is 69.1 Å². The van der Waals surface area contributed by atoms with Gasteiger partial charge in [-0.15, -0.1) is 0 Å². The number of nitrogens with one attached hydrogen (secondary N) is 1. The maximum absolute atomic E-state index is 13.9. The molecule has 1 N–H and O–H groups in total. The van der Waals surface area contributed by atoms with Crippen molar-refractivity contribution >= 4 is 39.1 Å². The molecule has 3 aliphatic heterocycles. The van der Waals surface area contributed by atoms with Crippen LogP contribution in [0.1, 0.15) is 80.3 Å². The van der Waals surface area contributed by atoms with Crippen molar-refractivity contribution in [2.24, 2.45) is 23.7 Å². The molecule has 1 saturated heterocycles. The van der Waals surface area contributed by atoms with E-state index >= 15 is 0 Å². The van der Waals surface area contributed by atoms with Crippen molar-refractivity contribution in [2.45, 2.75) is 81.8 Å². The number of halogens is 3. The molecule has 2 aromatic rings. The van der Waals surface area contributed by atoms with E-state index in [2.05, 4.69) is 15.7 Å². The maximum atomic E-state index is 13.9. The first-order valence-corrected chi connectivity index (χ1v) is 19.2. The molecule has 6 atom stereocenters. The Morgan fingerprint density at radius 1 is 1.02 bits per heavy atom. The van der Waals surface area contributed by atoms with Crippen molar-refractivity contribution in [2.75, 3.05) is 37.7 Å². The molecule has 5 aliphatic rings. The van der Waals surface area contributed by atoms with Gasteiger partial charge in [0.05, 0.1) is 30.6 Å². The molecule has 260 valence electrons. The molecule has 2 aliphatic carbocycles. The number of carbonyl (C=O) groups is 2. The summed E-state index contributed by atoms with van der Waals surface area (Å²) in [5.74, 6) is -3.67. The monoisotopic (exact) mass is 703 g/mol. The first-order valence-electron chi connectivity index (χ1n) is 17.3. The summed E-state index contributed by atoms with van der Waals surface area (Å²) in [6.45, 7) is 3.97. The molecule has 48 heavy (non-hydrogen) atoms. The minimum Gasteiger partial charge on any atom is -0.490 e. The van der Waals surface area contributed by atoms with Crippen molar-refractivity contribution < 1.29 is 31.5 Å². The van der Waals surface area contributed by atoms with Gasteiger partial charge in [-0.25, -0.2) is 21.9 Å². The highest BCUT2D eigenvalue weighted by Gasteiger charge is 2.51. The fourth-order valence-electron chi connectivity index (χ4n) is 8.79. The number of nitrogens with zero attached hydrogens (tertiary/aromatic N) is 2. The highest BCUT2D eigenvalue weighted by atomic mass is 35.5. The first kappa shape index (κ1) is 33.6. The summed E-state index contributed by atoms with van der Waals surface area (Å²) < 4.78 is 63.4. The third-order valence-electron chi connectivity index (χ3n) is 11.9. The normalized spacial score (nSPS) is 32.8. The number of rotatable bonds is 1. The molecule has 1 spiro atoms. The molecule has 1 saturated carbocycles. The Hall–Kier alpha value is -2.92. The van der Waals surface area contributed by atoms with Crippen LogP contribution < -0.4 is 14.4 Å². The molecule has 3 heterocycles. The fraction of sp³-hybridized carbons (Fsp3) is 0.611. The Kier molecular flexibility index (Phi) is 8.70. The van der Waals surface area contributed by atoms with Crippen LogP contribution in [0.15, 0.2) is 36.4 Å². The van der Waals surface area contributed by atoms with Gasteiger partial charge in [0, 0.05) is 35.0 Å². The zero-order chi connectivity index (χ0) is 34.0. The highest BCUT2D eigenvalue weighted by Crippen LogP contribution is 2.48. The Morgan fingerprint density at radius 3 is 2.54 bits per heavy atom. The topological polar surface area (TPSA) is 96.0 Å². The van der Waals surface area contributed by atoms with Crippen LogP contribution in [0, 0.1) is 23.7 Å². The lowest BCUT2D eigenvalue weighted by Crippen LogP contribution is -2.61. The van der Waals surface area contributed by atoms with Gasteiger partial charge in [0.25, 0.3) is 11.8 Å². The molecule has 2 amide bonds. The van der Waals surface area contributed by atoms with Gasteiger partial charge in [0.1, 0.15) is 5.75 Å². The van der Waals surface area contributed by atoms with Gasteiger partial charge in [-0.05, 0) is 111 Å². The lowest BCUT2D eigenvalue weighted by Gasteiger charge is -2.48. The number of anilines is 1. The fourth-order valence-corrected chi connectivity index (χ4v) is 10.3. The summed E-state index contributed by atoms with van der Waals surface area (Å²) in [4.78, 5) is 30.8. The molecule has 2 aromatic carbocycles. The molecule has 2 bridgehead atoms. The van der Waals surface area contributed by atoms with Crippen LogP contribution in [0.3, 0.4) is 0 Å². The quantitative estimate of drug-likeness (QED) is 0.380. The molecule has 0 radical (unpaired) electrons. The third kappa shape index (κ3) is 6.18. The van der Waals surface area contributed by atoms with E-state index < -0.39 is 46.1 Å². The van der Waals surface area contributed by atoms with Crippen LogP contribution in [0.25, 0.3) is 0 Å². The van der Waals surface area contributed by atoms with Gasteiger partial charge in [-0.1, -0.05) is 31.0 Å². The van der Waals surface area contributed by atoms with E-state index in [9.17, 15) is 26.8 Å². The van der Waals surface area contributed by atoms with E-state index in [0.29, 0.717) is 55.4 Å². The summed E-state index contributed by atoms with van der Waals surface area (Å²) in [7, 11) is -4.01. The third-order valence-corrected chi connectivity index (χ3v) is 14.1. The Morgan fingerprint density at radius 2 is 1.81 bits per heavy atom. The standard InChI is InChI=1S/C36H44ClF2N3O5S/c1-22-5-3-7-29(34(44)42-19-36(38,39)20-42)28-11-8-26(28)17-41-18-35(14-4-6-24-15-27(37)10-12-30(24)35)21-47-32-13-9-25(16-31(32)41)33(43)40-48(45,46)23(22)2/h9-10,12-13,15-16,22-23,26,28-29H,3-8,11,14,17-21H2,1-2H3,(H,40,43)/t22-,23+,26-,28?,29+,35-/m0/s1. The van der Waals surface area contributed by atoms with Gasteiger partial charge in [0.15, 0.2) is 0 Å². The van der Waals surface area contributed by atoms with E-state index in [0.717, 1.165) is 32.1 Å². The number of likely N-dealkylation sites (tertiary alicyclic amines) is 1. The summed E-state index contributed by atoms with van der Waals surface area (Å²) in [5.41, 5.74) is 2.98. The smallest absolute Gasteiger partial charge is 0.282 e. The number of alkyl halides is 2. The molecular formula is C36H44ClF2N3O5S. The summed E-state index contributed by atoms with van der Waals surface area (Å²) in [6.07, 6.45) is 6.14. The van der Waals surface area contributed by atoms with Crippen molar-refractivity contribution in [3.8, 4) is 5.75 Å². The van der Waals surface area contributed by atoms with E-state index in [1.165, 1.54) is 16.0 Å². The molecule has 2 fully saturated rings. The number of carbonyl (C=O) groups excluding carboxylic acids is 2. The average Bonchev–Trinajstić information content (AvgIpc) is 3.16. The highest BCUT2D eigenvalue weighted by molar-refractivity contribution is 7.90. The number of ether oxygens (including phenoxy) is 1. The van der Waals surface area contributed by atoms with Crippen LogP contribution >= 0.6 is 11.6 Å². The first-order chi connectivity index (χ1) is 22.8. The minimum atomic E-state index is -4.01. The van der Waals surface area contributed by atoms with Crippen LogP contribution in [0.4, 0.5) is 14.5 Å². The number of benzene rings is 2. The predicted molar refractivity (Wildman–Crippen MR) is 180 cm³/mol. The molecule has 7 rings (SSSR count). The average molecular weight is 704 g/mol. The van der Waals surface area contributed by atoms with E-state index in [-0.39, 0.29) is 34.6 Å². The number of amides is 2. The molecule has 0 aromatic heterocycles. The molecule has 1 unspecified atom stereocenters. The number of aryl methyl sites for hydroxylation is 1. The van der Waals surface area contributed by atoms with Crippen molar-refractivity contribution in [3.05, 3.63) is 58.1 Å². The van der Waals surface area contributed by atoms with E-state index in [4.69, 9.17) is 16.3 Å². The van der Waals surface area contributed by atoms with Crippen LogP contribution in [0.2, 0.25) is 5.02 Å². The minimum absolute atomic E-state index is 0.0172. The number of hydrogen-bond donors (Lipinski definition) is 1. The van der Waals surface area contributed by atoms with E-state index in [1.54, 1.807) is 25.1 Å². The van der Waals surface area contributed by atoms with Crippen molar-refractivity contribution in [1.29, 1.82) is 0 Å². The molecule has 8 nitrogen and oxygen atoms in total. The predicted octanol–water partition coefficient (Wildman–Crippen LogP) is 6.20. The van der Waals surface area contributed by atoms with Crippen LogP contribution in [-0.2, 0) is 26.7 Å². The summed E-state index contributed by atoms with van der Waals surface area (Å²) in [5, 5.41) is -0.162. The molecular weight excluding hydrogens is 660 g/mol. The van der Waals surface area contributed by atoms with Crippen molar-refractivity contribution in [1.82, 2.24) is 9.62 Å². The Bertz CT molecular complexity index is 1710. The number of fused-ring (bicyclic) bond motifs is 4. The number of sulfonamides is 1. The van der Waals surface area contributed by atoms with Gasteiger partial charge < -0.3 is 14.5 Å². The van der Waals surface area contributed by atoms with Gasteiger partial charge in [0.2, 0.25) is 15.9 Å². The second-order valence-electron chi connectivity index (χ2n) is 15.0.